The van der Waals surface area contributed by atoms with Crippen LogP contribution in [0.2, 0.25) is 0 Å². The van der Waals surface area contributed by atoms with Gasteiger partial charge < -0.3 is 10.0 Å². The van der Waals surface area contributed by atoms with Gasteiger partial charge in [-0.3, -0.25) is 9.69 Å². The molecule has 1 saturated carbocycles. The first-order chi connectivity index (χ1) is 10.1. The van der Waals surface area contributed by atoms with Gasteiger partial charge in [-0.05, 0) is 35.9 Å². The van der Waals surface area contributed by atoms with Gasteiger partial charge >= 0.3 is 5.97 Å². The van der Waals surface area contributed by atoms with Gasteiger partial charge in [0.05, 0.1) is 4.88 Å². The lowest BCUT2D eigenvalue weighted by molar-refractivity contribution is -0.131. The molecule has 5 nitrogen and oxygen atoms in total. The van der Waals surface area contributed by atoms with Crippen molar-refractivity contribution >= 4 is 29.3 Å². The summed E-state index contributed by atoms with van der Waals surface area (Å²) in [7, 11) is 0. The van der Waals surface area contributed by atoms with E-state index in [2.05, 4.69) is 4.90 Å². The first-order valence-corrected chi connectivity index (χ1v) is 8.05. The molecule has 1 aromatic rings. The van der Waals surface area contributed by atoms with Crippen molar-refractivity contribution in [3.05, 3.63) is 28.0 Å². The van der Waals surface area contributed by atoms with Gasteiger partial charge in [-0.15, -0.1) is 11.3 Å². The maximum Gasteiger partial charge on any atom is 0.328 e. The van der Waals surface area contributed by atoms with Crippen molar-refractivity contribution in [3.63, 3.8) is 0 Å². The molecule has 21 heavy (non-hydrogen) atoms. The van der Waals surface area contributed by atoms with E-state index in [0.717, 1.165) is 38.3 Å². The van der Waals surface area contributed by atoms with Crippen LogP contribution in [-0.2, 0) is 4.79 Å². The molecule has 0 aromatic carbocycles. The molecule has 3 rings (SSSR count). The number of rotatable bonds is 4. The van der Waals surface area contributed by atoms with Gasteiger partial charge in [-0.1, -0.05) is 0 Å². The molecule has 0 radical (unpaired) electrons. The second-order valence-corrected chi connectivity index (χ2v) is 6.35. The first-order valence-electron chi connectivity index (χ1n) is 7.17. The largest absolute Gasteiger partial charge is 0.478 e. The molecule has 1 aromatic heterocycles. The number of carbonyl (C=O) groups is 2. The minimum absolute atomic E-state index is 0.0190. The molecular weight excluding hydrogens is 288 g/mol. The SMILES string of the molecule is O=C(O)C=Cc1ccsc1C(=O)N1CCN(C2CC2)CC1. The van der Waals surface area contributed by atoms with E-state index in [9.17, 15) is 9.59 Å². The van der Waals surface area contributed by atoms with Crippen LogP contribution >= 0.6 is 11.3 Å². The monoisotopic (exact) mass is 306 g/mol. The fourth-order valence-corrected chi connectivity index (χ4v) is 3.51. The lowest BCUT2D eigenvalue weighted by atomic mass is 10.2. The third-order valence-corrected chi connectivity index (χ3v) is 4.88. The van der Waals surface area contributed by atoms with Crippen LogP contribution in [0.5, 0.6) is 0 Å². The molecule has 6 heteroatoms. The third kappa shape index (κ3) is 3.33. The molecule has 1 aliphatic heterocycles. The van der Waals surface area contributed by atoms with E-state index in [1.54, 1.807) is 6.07 Å². The van der Waals surface area contributed by atoms with Crippen LogP contribution in [0.4, 0.5) is 0 Å². The second-order valence-electron chi connectivity index (χ2n) is 5.44. The Hall–Kier alpha value is -1.66. The van der Waals surface area contributed by atoms with Crippen molar-refractivity contribution in [2.24, 2.45) is 0 Å². The topological polar surface area (TPSA) is 60.9 Å². The fraction of sp³-hybridized carbons (Fsp3) is 0.467. The lowest BCUT2D eigenvalue weighted by Crippen LogP contribution is -2.49. The third-order valence-electron chi connectivity index (χ3n) is 3.96. The van der Waals surface area contributed by atoms with E-state index in [-0.39, 0.29) is 5.91 Å². The Morgan fingerprint density at radius 2 is 1.95 bits per heavy atom. The van der Waals surface area contributed by atoms with Crippen LogP contribution in [0, 0.1) is 0 Å². The zero-order valence-electron chi connectivity index (χ0n) is 11.7. The molecule has 112 valence electrons. The van der Waals surface area contributed by atoms with Gasteiger partial charge in [-0.2, -0.15) is 0 Å². The van der Waals surface area contributed by atoms with Crippen molar-refractivity contribution in [3.8, 4) is 0 Å². The molecule has 1 aliphatic carbocycles. The Morgan fingerprint density at radius 3 is 2.57 bits per heavy atom. The highest BCUT2D eigenvalue weighted by molar-refractivity contribution is 7.12. The number of hydrogen-bond acceptors (Lipinski definition) is 4. The average Bonchev–Trinajstić information content (AvgIpc) is 3.23. The number of piperazine rings is 1. The highest BCUT2D eigenvalue weighted by Crippen LogP contribution is 2.28. The standard InChI is InChI=1S/C15H18N2O3S/c18-13(19)4-1-11-5-10-21-14(11)15(20)17-8-6-16(7-9-17)12-2-3-12/h1,4-5,10,12H,2-3,6-9H2,(H,18,19). The van der Waals surface area contributed by atoms with Gasteiger partial charge in [0.15, 0.2) is 0 Å². The van der Waals surface area contributed by atoms with Gasteiger partial charge in [-0.25, -0.2) is 4.79 Å². The fourth-order valence-electron chi connectivity index (χ4n) is 2.66. The van der Waals surface area contributed by atoms with E-state index in [4.69, 9.17) is 5.11 Å². The van der Waals surface area contributed by atoms with E-state index < -0.39 is 5.97 Å². The zero-order chi connectivity index (χ0) is 14.8. The van der Waals surface area contributed by atoms with Gasteiger partial charge in [0, 0.05) is 38.3 Å². The number of carboxylic acid groups (broad SMARTS) is 1. The molecule has 1 N–H and O–H groups in total. The molecule has 1 amide bonds. The van der Waals surface area contributed by atoms with Crippen molar-refractivity contribution in [1.82, 2.24) is 9.80 Å². The Labute approximate surface area is 127 Å². The summed E-state index contributed by atoms with van der Waals surface area (Å²) >= 11 is 1.37. The number of nitrogens with zero attached hydrogens (tertiary/aromatic N) is 2. The molecule has 0 atom stereocenters. The number of aliphatic carboxylic acids is 1. The Bertz CT molecular complexity index is 569. The van der Waals surface area contributed by atoms with Crippen molar-refractivity contribution in [2.45, 2.75) is 18.9 Å². The minimum Gasteiger partial charge on any atom is -0.478 e. The number of thiophene rings is 1. The Morgan fingerprint density at radius 1 is 1.24 bits per heavy atom. The number of hydrogen-bond donors (Lipinski definition) is 1. The summed E-state index contributed by atoms with van der Waals surface area (Å²) in [5, 5.41) is 10.5. The molecular formula is C15H18N2O3S. The molecule has 2 fully saturated rings. The van der Waals surface area contributed by atoms with Crippen molar-refractivity contribution < 1.29 is 14.7 Å². The Kier molecular flexibility index (Phi) is 4.07. The van der Waals surface area contributed by atoms with E-state index in [1.165, 1.54) is 30.3 Å². The van der Waals surface area contributed by atoms with Crippen LogP contribution in [0.15, 0.2) is 17.5 Å². The van der Waals surface area contributed by atoms with Crippen LogP contribution in [0.25, 0.3) is 6.08 Å². The van der Waals surface area contributed by atoms with Crippen LogP contribution in [-0.4, -0.2) is 59.0 Å². The van der Waals surface area contributed by atoms with Gasteiger partial charge in [0.2, 0.25) is 0 Å². The summed E-state index contributed by atoms with van der Waals surface area (Å²) in [4.78, 5) is 28.1. The molecule has 1 saturated heterocycles. The number of amides is 1. The van der Waals surface area contributed by atoms with Gasteiger partial charge in [0.1, 0.15) is 0 Å². The molecule has 0 bridgehead atoms. The summed E-state index contributed by atoms with van der Waals surface area (Å²) < 4.78 is 0. The zero-order valence-corrected chi connectivity index (χ0v) is 12.5. The predicted octanol–water partition coefficient (Wildman–Crippen LogP) is 1.77. The van der Waals surface area contributed by atoms with E-state index in [1.807, 2.05) is 10.3 Å². The number of carbonyl (C=O) groups excluding carboxylic acids is 1. The molecule has 2 heterocycles. The highest BCUT2D eigenvalue weighted by Gasteiger charge is 2.32. The van der Waals surface area contributed by atoms with E-state index in [0.29, 0.717) is 10.4 Å². The summed E-state index contributed by atoms with van der Waals surface area (Å²) in [6.07, 6.45) is 5.16. The summed E-state index contributed by atoms with van der Waals surface area (Å²) in [6.45, 7) is 3.41. The lowest BCUT2D eigenvalue weighted by Gasteiger charge is -2.34. The average molecular weight is 306 g/mol. The molecule has 0 unspecified atom stereocenters. The van der Waals surface area contributed by atoms with Crippen molar-refractivity contribution in [2.75, 3.05) is 26.2 Å². The van der Waals surface area contributed by atoms with Crippen LogP contribution in [0.3, 0.4) is 0 Å². The number of carboxylic acids is 1. The van der Waals surface area contributed by atoms with Gasteiger partial charge in [0.25, 0.3) is 5.91 Å². The smallest absolute Gasteiger partial charge is 0.328 e. The highest BCUT2D eigenvalue weighted by atomic mass is 32.1. The van der Waals surface area contributed by atoms with Crippen LogP contribution < -0.4 is 0 Å². The quantitative estimate of drug-likeness (QED) is 0.861. The molecule has 0 spiro atoms. The van der Waals surface area contributed by atoms with Crippen molar-refractivity contribution in [1.29, 1.82) is 0 Å². The predicted molar refractivity (Wildman–Crippen MR) is 81.5 cm³/mol. The first kappa shape index (κ1) is 14.3. The summed E-state index contributed by atoms with van der Waals surface area (Å²) in [5.74, 6) is -0.983. The maximum absolute atomic E-state index is 12.6. The minimum atomic E-state index is -1.00. The molecule has 2 aliphatic rings. The Balaban J connectivity index is 1.65. The van der Waals surface area contributed by atoms with Crippen LogP contribution in [0.1, 0.15) is 28.1 Å². The van der Waals surface area contributed by atoms with E-state index >= 15 is 0 Å². The second kappa shape index (κ2) is 5.99. The summed E-state index contributed by atoms with van der Waals surface area (Å²) in [5.41, 5.74) is 0.692. The maximum atomic E-state index is 12.6. The normalized spacial score (nSPS) is 20.1. The summed E-state index contributed by atoms with van der Waals surface area (Å²) in [6, 6.07) is 2.54.